The second-order valence-corrected chi connectivity index (χ2v) is 4.87. The van der Waals surface area contributed by atoms with Crippen molar-refractivity contribution in [1.82, 2.24) is 14.8 Å². The minimum absolute atomic E-state index is 0.195. The lowest BCUT2D eigenvalue weighted by molar-refractivity contribution is 0.0600. The largest absolute Gasteiger partial charge is 0.465 e. The Bertz CT molecular complexity index is 857. The number of ether oxygens (including phenoxy) is 1. The molecule has 0 radical (unpaired) electrons. The van der Waals surface area contributed by atoms with Gasteiger partial charge in [-0.2, -0.15) is 4.98 Å². The molecule has 0 atom stereocenters. The smallest absolute Gasteiger partial charge is 0.337 e. The van der Waals surface area contributed by atoms with Gasteiger partial charge in [-0.05, 0) is 36.4 Å². The van der Waals surface area contributed by atoms with E-state index in [1.54, 1.807) is 48.5 Å². The molecule has 0 aliphatic carbocycles. The summed E-state index contributed by atoms with van der Waals surface area (Å²) in [5.41, 5.74) is 1.67. The fraction of sp³-hybridized carbons (Fsp3) is 0.0588. The van der Waals surface area contributed by atoms with E-state index in [9.17, 15) is 9.59 Å². The third kappa shape index (κ3) is 3.30. The third-order valence-electron chi connectivity index (χ3n) is 3.31. The van der Waals surface area contributed by atoms with Crippen molar-refractivity contribution in [2.45, 2.75) is 0 Å². The van der Waals surface area contributed by atoms with Gasteiger partial charge in [0.15, 0.2) is 0 Å². The molecule has 3 rings (SSSR count). The number of benzene rings is 2. The molecular weight excluding hydrogens is 308 g/mol. The van der Waals surface area contributed by atoms with Crippen LogP contribution >= 0.6 is 0 Å². The van der Waals surface area contributed by atoms with Gasteiger partial charge in [0.2, 0.25) is 5.95 Å². The van der Waals surface area contributed by atoms with Gasteiger partial charge in [-0.15, -0.1) is 5.10 Å². The zero-order valence-electron chi connectivity index (χ0n) is 12.8. The summed E-state index contributed by atoms with van der Waals surface area (Å²) in [6.07, 6.45) is 1.48. The van der Waals surface area contributed by atoms with E-state index in [-0.39, 0.29) is 11.9 Å². The maximum atomic E-state index is 12.1. The first-order valence-electron chi connectivity index (χ1n) is 7.14. The number of methoxy groups -OCH3 is 1. The van der Waals surface area contributed by atoms with Gasteiger partial charge in [0.1, 0.15) is 6.33 Å². The van der Waals surface area contributed by atoms with Crippen LogP contribution in [0.2, 0.25) is 0 Å². The first-order chi connectivity index (χ1) is 11.7. The first kappa shape index (κ1) is 15.4. The predicted molar refractivity (Wildman–Crippen MR) is 87.1 cm³/mol. The molecule has 0 spiro atoms. The van der Waals surface area contributed by atoms with Crippen molar-refractivity contribution >= 4 is 17.8 Å². The van der Waals surface area contributed by atoms with E-state index in [1.165, 1.54) is 18.1 Å². The van der Waals surface area contributed by atoms with E-state index in [4.69, 9.17) is 0 Å². The van der Waals surface area contributed by atoms with Gasteiger partial charge in [0.25, 0.3) is 5.91 Å². The molecule has 0 aliphatic rings. The Morgan fingerprint density at radius 1 is 1.00 bits per heavy atom. The molecule has 7 heteroatoms. The van der Waals surface area contributed by atoms with Crippen molar-refractivity contribution in [3.05, 3.63) is 72.1 Å². The van der Waals surface area contributed by atoms with Crippen molar-refractivity contribution in [3.8, 4) is 5.69 Å². The van der Waals surface area contributed by atoms with Crippen molar-refractivity contribution in [1.29, 1.82) is 0 Å². The second kappa shape index (κ2) is 6.74. The van der Waals surface area contributed by atoms with Crippen molar-refractivity contribution in [2.24, 2.45) is 0 Å². The zero-order valence-corrected chi connectivity index (χ0v) is 12.8. The zero-order chi connectivity index (χ0) is 16.9. The highest BCUT2D eigenvalue weighted by atomic mass is 16.5. The van der Waals surface area contributed by atoms with Gasteiger partial charge in [-0.1, -0.05) is 18.2 Å². The number of hydrogen-bond acceptors (Lipinski definition) is 5. The lowest BCUT2D eigenvalue weighted by Gasteiger charge is -2.03. The molecule has 3 aromatic rings. The van der Waals surface area contributed by atoms with Crippen LogP contribution in [0.4, 0.5) is 5.95 Å². The number of esters is 1. The molecule has 0 aliphatic heterocycles. The van der Waals surface area contributed by atoms with Gasteiger partial charge >= 0.3 is 5.97 Å². The average molecular weight is 322 g/mol. The summed E-state index contributed by atoms with van der Waals surface area (Å²) in [6.45, 7) is 0. The molecule has 1 heterocycles. The summed E-state index contributed by atoms with van der Waals surface area (Å²) < 4.78 is 6.15. The van der Waals surface area contributed by atoms with Gasteiger partial charge < -0.3 is 4.74 Å². The lowest BCUT2D eigenvalue weighted by atomic mass is 10.2. The molecule has 1 aromatic heterocycles. The van der Waals surface area contributed by atoms with Crippen molar-refractivity contribution in [2.75, 3.05) is 12.4 Å². The number of carbonyl (C=O) groups excluding carboxylic acids is 2. The molecule has 0 saturated heterocycles. The molecule has 7 nitrogen and oxygen atoms in total. The van der Waals surface area contributed by atoms with Gasteiger partial charge in [0.05, 0.1) is 18.4 Å². The van der Waals surface area contributed by atoms with E-state index >= 15 is 0 Å². The monoisotopic (exact) mass is 322 g/mol. The van der Waals surface area contributed by atoms with Crippen LogP contribution in [0.1, 0.15) is 20.7 Å². The SMILES string of the molecule is COC(=O)c1ccc(-n2cnc(NC(=O)c3ccccc3)n2)cc1. The van der Waals surface area contributed by atoms with E-state index in [0.29, 0.717) is 16.8 Å². The van der Waals surface area contributed by atoms with Crippen LogP contribution in [-0.2, 0) is 4.74 Å². The highest BCUT2D eigenvalue weighted by Crippen LogP contribution is 2.11. The quantitative estimate of drug-likeness (QED) is 0.745. The number of nitrogens with zero attached hydrogens (tertiary/aromatic N) is 3. The molecule has 0 bridgehead atoms. The highest BCUT2D eigenvalue weighted by molar-refractivity contribution is 6.03. The first-order valence-corrected chi connectivity index (χ1v) is 7.14. The number of carbonyl (C=O) groups is 2. The minimum atomic E-state index is -0.407. The highest BCUT2D eigenvalue weighted by Gasteiger charge is 2.10. The van der Waals surface area contributed by atoms with E-state index < -0.39 is 5.97 Å². The number of hydrogen-bond donors (Lipinski definition) is 1. The maximum absolute atomic E-state index is 12.1. The summed E-state index contributed by atoms with van der Waals surface area (Å²) in [4.78, 5) is 27.5. The molecule has 0 unspecified atom stereocenters. The van der Waals surface area contributed by atoms with Crippen LogP contribution in [0.5, 0.6) is 0 Å². The number of amides is 1. The summed E-state index contributed by atoms with van der Waals surface area (Å²) >= 11 is 0. The minimum Gasteiger partial charge on any atom is -0.465 e. The molecule has 120 valence electrons. The van der Waals surface area contributed by atoms with E-state index in [0.717, 1.165) is 0 Å². The fourth-order valence-corrected chi connectivity index (χ4v) is 2.08. The van der Waals surface area contributed by atoms with Crippen molar-refractivity contribution < 1.29 is 14.3 Å². The predicted octanol–water partition coefficient (Wildman–Crippen LogP) is 2.31. The third-order valence-corrected chi connectivity index (χ3v) is 3.31. The summed E-state index contributed by atoms with van der Waals surface area (Å²) in [5.74, 6) is -0.494. The molecular formula is C17H14N4O3. The van der Waals surface area contributed by atoms with Crippen LogP contribution in [0.15, 0.2) is 60.9 Å². The van der Waals surface area contributed by atoms with Crippen LogP contribution in [-0.4, -0.2) is 33.8 Å². The normalized spacial score (nSPS) is 10.2. The van der Waals surface area contributed by atoms with Gasteiger partial charge in [0, 0.05) is 5.56 Å². The number of aromatic nitrogens is 3. The Balaban J connectivity index is 1.73. The molecule has 1 amide bonds. The van der Waals surface area contributed by atoms with E-state index in [1.807, 2.05) is 6.07 Å². The Hall–Kier alpha value is -3.48. The Morgan fingerprint density at radius 3 is 2.38 bits per heavy atom. The van der Waals surface area contributed by atoms with Crippen LogP contribution in [0, 0.1) is 0 Å². The van der Waals surface area contributed by atoms with Crippen LogP contribution in [0.25, 0.3) is 5.69 Å². The molecule has 2 aromatic carbocycles. The summed E-state index contributed by atoms with van der Waals surface area (Å²) in [7, 11) is 1.33. The summed E-state index contributed by atoms with van der Waals surface area (Å²) in [6, 6.07) is 15.5. The number of rotatable bonds is 4. The van der Waals surface area contributed by atoms with Crippen LogP contribution < -0.4 is 5.32 Å². The van der Waals surface area contributed by atoms with Gasteiger partial charge in [-0.25, -0.2) is 9.48 Å². The molecule has 0 fully saturated rings. The lowest BCUT2D eigenvalue weighted by Crippen LogP contribution is -2.13. The van der Waals surface area contributed by atoms with Gasteiger partial charge in [-0.3, -0.25) is 10.1 Å². The van der Waals surface area contributed by atoms with Crippen molar-refractivity contribution in [3.63, 3.8) is 0 Å². The maximum Gasteiger partial charge on any atom is 0.337 e. The fourth-order valence-electron chi connectivity index (χ4n) is 2.08. The molecule has 0 saturated carbocycles. The Morgan fingerprint density at radius 2 is 1.71 bits per heavy atom. The van der Waals surface area contributed by atoms with Crippen LogP contribution in [0.3, 0.4) is 0 Å². The second-order valence-electron chi connectivity index (χ2n) is 4.87. The Kier molecular flexibility index (Phi) is 4.33. The number of nitrogens with one attached hydrogen (secondary N) is 1. The number of anilines is 1. The topological polar surface area (TPSA) is 86.1 Å². The summed E-state index contributed by atoms with van der Waals surface area (Å²) in [5, 5.41) is 6.83. The standard InChI is InChI=1S/C17H14N4O3/c1-24-16(23)13-7-9-14(10-8-13)21-11-18-17(20-21)19-15(22)12-5-3-2-4-6-12/h2-11H,1H3,(H,19,20,22). The average Bonchev–Trinajstić information content (AvgIpc) is 3.10. The van der Waals surface area contributed by atoms with E-state index in [2.05, 4.69) is 20.1 Å². The molecule has 24 heavy (non-hydrogen) atoms. The molecule has 1 N–H and O–H groups in total. The Labute approximate surface area is 137 Å².